The molecule has 0 spiro atoms. The van der Waals surface area contributed by atoms with Crippen LogP contribution in [0.1, 0.15) is 6.42 Å². The average molecular weight is 330 g/mol. The van der Waals surface area contributed by atoms with Gasteiger partial charge in [-0.15, -0.1) is 40.4 Å². The summed E-state index contributed by atoms with van der Waals surface area (Å²) in [6.07, 6.45) is 10.0. The quantitative estimate of drug-likeness (QED) is 0.473. The summed E-state index contributed by atoms with van der Waals surface area (Å²) in [5.41, 5.74) is 0. The summed E-state index contributed by atoms with van der Waals surface area (Å²) in [6.45, 7) is 0. The van der Waals surface area contributed by atoms with Crippen molar-refractivity contribution >= 4 is 34.0 Å². The summed E-state index contributed by atoms with van der Waals surface area (Å²) in [5, 5.41) is 0. The Bertz CT molecular complexity index is 68.5. The smallest absolute Gasteiger partial charge is 0 e. The van der Waals surface area contributed by atoms with Crippen LogP contribution in [-0.2, 0) is 19.5 Å². The Labute approximate surface area is 83.7 Å². The molecule has 0 bridgehead atoms. The molecular weight excluding hydrogens is 323 g/mol. The van der Waals surface area contributed by atoms with Crippen LogP contribution in [0.2, 0.25) is 0 Å². The SMILES string of the molecule is Br.Br.[C-]1=CC=CC1.[Rh]. The van der Waals surface area contributed by atoms with Gasteiger partial charge in [0, 0.05) is 19.5 Å². The fraction of sp³-hybridized carbons (Fsp3) is 0.200. The van der Waals surface area contributed by atoms with E-state index in [1.165, 1.54) is 0 Å². The van der Waals surface area contributed by atoms with Crippen LogP contribution >= 0.6 is 34.0 Å². The number of halogens is 2. The van der Waals surface area contributed by atoms with Gasteiger partial charge >= 0.3 is 0 Å². The molecule has 0 saturated heterocycles. The standard InChI is InChI=1S/C5H5.2BrH.Rh/c1-2-4-5-3-1;;;/h1-3H,4H2;2*1H;/q-1;;;. The molecule has 0 aromatic heterocycles. The van der Waals surface area contributed by atoms with E-state index in [1.807, 2.05) is 12.2 Å². The second kappa shape index (κ2) is 10.9. The molecule has 0 atom stereocenters. The minimum Gasteiger partial charge on any atom is -0.273 e. The normalized spacial score (nSPS) is 11.0. The molecular formula is C5H7Br2Rh-. The van der Waals surface area contributed by atoms with Crippen LogP contribution in [0.4, 0.5) is 0 Å². The summed E-state index contributed by atoms with van der Waals surface area (Å²) in [7, 11) is 0. The molecule has 0 heterocycles. The molecule has 0 nitrogen and oxygen atoms in total. The van der Waals surface area contributed by atoms with E-state index in [2.05, 4.69) is 12.2 Å². The van der Waals surface area contributed by atoms with Gasteiger partial charge in [-0.25, -0.2) is 12.2 Å². The van der Waals surface area contributed by atoms with Crippen molar-refractivity contribution in [2.75, 3.05) is 0 Å². The maximum atomic E-state index is 2.99. The van der Waals surface area contributed by atoms with E-state index in [0.29, 0.717) is 0 Å². The van der Waals surface area contributed by atoms with Gasteiger partial charge in [-0.3, -0.25) is 6.08 Å². The van der Waals surface area contributed by atoms with Gasteiger partial charge in [0.25, 0.3) is 0 Å². The Hall–Kier alpha value is 1.06. The zero-order valence-electron chi connectivity index (χ0n) is 4.09. The fourth-order valence-corrected chi connectivity index (χ4v) is 0.340. The molecule has 1 aliphatic carbocycles. The number of hydrogen-bond donors (Lipinski definition) is 0. The monoisotopic (exact) mass is 328 g/mol. The van der Waals surface area contributed by atoms with Crippen molar-refractivity contribution < 1.29 is 19.5 Å². The van der Waals surface area contributed by atoms with Crippen molar-refractivity contribution in [3.63, 3.8) is 0 Å². The van der Waals surface area contributed by atoms with Gasteiger partial charge in [-0.05, 0) is 0 Å². The number of rotatable bonds is 0. The Kier molecular flexibility index (Phi) is 21.9. The molecule has 0 unspecified atom stereocenters. The maximum Gasteiger partial charge on any atom is 0 e. The van der Waals surface area contributed by atoms with Gasteiger partial charge in [0.05, 0.1) is 0 Å². The zero-order chi connectivity index (χ0) is 3.54. The largest absolute Gasteiger partial charge is 0.273 e. The van der Waals surface area contributed by atoms with E-state index in [4.69, 9.17) is 0 Å². The summed E-state index contributed by atoms with van der Waals surface area (Å²) in [5.74, 6) is 0. The summed E-state index contributed by atoms with van der Waals surface area (Å²) in [4.78, 5) is 0. The molecule has 3 heteroatoms. The van der Waals surface area contributed by atoms with Gasteiger partial charge in [0.2, 0.25) is 0 Å². The molecule has 0 fully saturated rings. The Morgan fingerprint density at radius 1 is 1.25 bits per heavy atom. The van der Waals surface area contributed by atoms with Crippen LogP contribution in [0.15, 0.2) is 18.2 Å². The van der Waals surface area contributed by atoms with Gasteiger partial charge in [0.15, 0.2) is 0 Å². The number of hydrogen-bond acceptors (Lipinski definition) is 0. The zero-order valence-corrected chi connectivity index (χ0v) is 9.15. The first kappa shape index (κ1) is 16.0. The molecule has 0 saturated carbocycles. The molecule has 0 aromatic carbocycles. The minimum atomic E-state index is 0. The Morgan fingerprint density at radius 2 is 1.88 bits per heavy atom. The Morgan fingerprint density at radius 3 is 2.00 bits per heavy atom. The van der Waals surface area contributed by atoms with E-state index in [0.717, 1.165) is 6.42 Å². The topological polar surface area (TPSA) is 0 Å². The Balaban J connectivity index is -0.0000000833. The summed E-state index contributed by atoms with van der Waals surface area (Å²) in [6, 6.07) is 0. The van der Waals surface area contributed by atoms with Crippen LogP contribution < -0.4 is 0 Å². The first-order valence-electron chi connectivity index (χ1n) is 1.72. The van der Waals surface area contributed by atoms with Crippen LogP contribution in [0, 0.1) is 6.08 Å². The maximum absolute atomic E-state index is 2.99. The molecule has 51 valence electrons. The second-order valence-corrected chi connectivity index (χ2v) is 1.00. The van der Waals surface area contributed by atoms with Crippen molar-refractivity contribution in [3.8, 4) is 0 Å². The molecule has 0 aromatic rings. The van der Waals surface area contributed by atoms with Crippen molar-refractivity contribution in [1.29, 1.82) is 0 Å². The van der Waals surface area contributed by atoms with E-state index >= 15 is 0 Å². The second-order valence-electron chi connectivity index (χ2n) is 1.00. The number of allylic oxidation sites excluding steroid dienone is 4. The van der Waals surface area contributed by atoms with Crippen LogP contribution in [0.3, 0.4) is 0 Å². The van der Waals surface area contributed by atoms with Crippen LogP contribution in [0.25, 0.3) is 0 Å². The fourth-order valence-electron chi connectivity index (χ4n) is 0.340. The van der Waals surface area contributed by atoms with Crippen molar-refractivity contribution in [2.24, 2.45) is 0 Å². The van der Waals surface area contributed by atoms with Gasteiger partial charge < -0.3 is 0 Å². The first-order valence-corrected chi connectivity index (χ1v) is 1.72. The van der Waals surface area contributed by atoms with E-state index in [-0.39, 0.29) is 53.4 Å². The molecule has 1 rings (SSSR count). The molecule has 0 amide bonds. The average Bonchev–Trinajstić information content (AvgIpc) is 1.76. The van der Waals surface area contributed by atoms with Gasteiger partial charge in [0.1, 0.15) is 0 Å². The third kappa shape index (κ3) is 7.06. The first-order chi connectivity index (χ1) is 2.50. The van der Waals surface area contributed by atoms with E-state index in [1.54, 1.807) is 0 Å². The van der Waals surface area contributed by atoms with E-state index in [9.17, 15) is 0 Å². The minimum absolute atomic E-state index is 0. The van der Waals surface area contributed by atoms with Gasteiger partial charge in [-0.1, -0.05) is 0 Å². The van der Waals surface area contributed by atoms with Crippen molar-refractivity contribution in [3.05, 3.63) is 24.3 Å². The molecule has 0 N–H and O–H groups in total. The van der Waals surface area contributed by atoms with Crippen LogP contribution in [0.5, 0.6) is 0 Å². The van der Waals surface area contributed by atoms with Crippen molar-refractivity contribution in [1.82, 2.24) is 0 Å². The molecule has 1 aliphatic rings. The summed E-state index contributed by atoms with van der Waals surface area (Å²) >= 11 is 0. The predicted octanol–water partition coefficient (Wildman–Crippen LogP) is 2.46. The van der Waals surface area contributed by atoms with E-state index < -0.39 is 0 Å². The molecule has 0 aliphatic heterocycles. The third-order valence-corrected chi connectivity index (χ3v) is 0.586. The predicted molar refractivity (Wildman–Crippen MR) is 42.2 cm³/mol. The molecule has 8 heavy (non-hydrogen) atoms. The third-order valence-electron chi connectivity index (χ3n) is 0.586. The molecule has 1 radical (unpaired) electrons. The summed E-state index contributed by atoms with van der Waals surface area (Å²) < 4.78 is 0. The van der Waals surface area contributed by atoms with Crippen molar-refractivity contribution in [2.45, 2.75) is 6.42 Å². The van der Waals surface area contributed by atoms with Crippen LogP contribution in [-0.4, -0.2) is 0 Å². The van der Waals surface area contributed by atoms with Gasteiger partial charge in [-0.2, -0.15) is 6.08 Å².